The number of rotatable bonds is 1. The van der Waals surface area contributed by atoms with Gasteiger partial charge in [-0.1, -0.05) is 0 Å². The van der Waals surface area contributed by atoms with Crippen LogP contribution in [0.3, 0.4) is 0 Å². The number of benzene rings is 1. The first-order valence-corrected chi connectivity index (χ1v) is 13.5. The Labute approximate surface area is 112 Å². The van der Waals surface area contributed by atoms with Crippen LogP contribution in [-0.2, 0) is 19.5 Å². The second-order valence-corrected chi connectivity index (χ2v) is 3.79. The summed E-state index contributed by atoms with van der Waals surface area (Å²) in [6, 6.07) is 9.61. The van der Waals surface area contributed by atoms with Gasteiger partial charge < -0.3 is 4.74 Å². The molecule has 0 fully saturated rings. The molecule has 0 atom stereocenters. The van der Waals surface area contributed by atoms with Crippen molar-refractivity contribution in [1.82, 2.24) is 0 Å². The molecule has 0 saturated heterocycles. The van der Waals surface area contributed by atoms with E-state index >= 15 is 0 Å². The Morgan fingerprint density at radius 1 is 1.33 bits per heavy atom. The van der Waals surface area contributed by atoms with Crippen LogP contribution in [0.1, 0.15) is 31.1 Å². The predicted octanol–water partition coefficient (Wildman–Crippen LogP) is 3.33. The Hall–Kier alpha value is 0.0434. The number of carbonyl (C=O) groups excluding carboxylic acids is 1. The summed E-state index contributed by atoms with van der Waals surface area (Å²) < 4.78 is 5.17. The van der Waals surface area contributed by atoms with E-state index in [-0.39, 0.29) is 5.97 Å². The molecule has 0 spiro atoms. The van der Waals surface area contributed by atoms with Crippen molar-refractivity contribution in [2.75, 3.05) is 0 Å². The van der Waals surface area contributed by atoms with Crippen LogP contribution in [0.4, 0.5) is 0 Å². The summed E-state index contributed by atoms with van der Waals surface area (Å²) in [6.07, 6.45) is 0. The molecule has 4 heteroatoms. The van der Waals surface area contributed by atoms with E-state index in [9.17, 15) is 4.79 Å². The van der Waals surface area contributed by atoms with Crippen molar-refractivity contribution < 1.29 is 24.3 Å². The normalized spacial score (nSPS) is 10.0. The summed E-state index contributed by atoms with van der Waals surface area (Å²) in [5, 5.41) is 0. The predicted molar refractivity (Wildman–Crippen MR) is 64.5 cm³/mol. The van der Waals surface area contributed by atoms with Crippen LogP contribution >= 0.6 is 19.8 Å². The van der Waals surface area contributed by atoms with Gasteiger partial charge in [0.1, 0.15) is 5.60 Å². The number of hydrogen-bond acceptors (Lipinski definition) is 2. The molecule has 0 radical (unpaired) electrons. The zero-order valence-electron chi connectivity index (χ0n) is 9.21. The number of carbonyl (C=O) groups is 1. The summed E-state index contributed by atoms with van der Waals surface area (Å²) in [4.78, 5) is 11.4. The van der Waals surface area contributed by atoms with Crippen LogP contribution in [0.2, 0.25) is 0 Å². The van der Waals surface area contributed by atoms with Gasteiger partial charge in [-0.15, -0.1) is 0 Å². The Balaban J connectivity index is 0.000000921. The van der Waals surface area contributed by atoms with Crippen LogP contribution in [-0.4, -0.2) is 11.6 Å². The second-order valence-electron chi connectivity index (χ2n) is 3.79. The molecule has 15 heavy (non-hydrogen) atoms. The first kappa shape index (κ1) is 15.0. The van der Waals surface area contributed by atoms with Crippen molar-refractivity contribution in [3.63, 3.8) is 0 Å². The zero-order valence-corrected chi connectivity index (χ0v) is 14.3. The van der Waals surface area contributed by atoms with E-state index in [1.807, 2.05) is 20.8 Å². The minimum atomic E-state index is -0.434. The van der Waals surface area contributed by atoms with Crippen molar-refractivity contribution in [1.29, 1.82) is 0 Å². The van der Waals surface area contributed by atoms with E-state index in [4.69, 9.17) is 4.74 Å². The van der Waals surface area contributed by atoms with Crippen molar-refractivity contribution in [2.24, 2.45) is 0 Å². The van der Waals surface area contributed by atoms with Gasteiger partial charge in [0.2, 0.25) is 0 Å². The van der Waals surface area contributed by atoms with Gasteiger partial charge in [-0.05, 0) is 26.3 Å². The number of esters is 1. The average molecular weight is 370 g/mol. The molecule has 2 nitrogen and oxygen atoms in total. The Kier molecular flexibility index (Phi) is 7.36. The van der Waals surface area contributed by atoms with Gasteiger partial charge in [0.15, 0.2) is 0 Å². The zero-order chi connectivity index (χ0) is 11.9. The number of halogens is 1. The molecule has 0 bridgehead atoms. The van der Waals surface area contributed by atoms with Crippen LogP contribution in [0.15, 0.2) is 24.3 Å². The fourth-order valence-electron chi connectivity index (χ4n) is 0.860. The number of hydrogen-bond donors (Lipinski definition) is 0. The summed E-state index contributed by atoms with van der Waals surface area (Å²) in [5.74, 6) is -0.290. The van der Waals surface area contributed by atoms with Crippen molar-refractivity contribution in [3.8, 4) is 0 Å². The molecule has 0 N–H and O–H groups in total. The van der Waals surface area contributed by atoms with Crippen LogP contribution in [0.25, 0.3) is 0 Å². The summed E-state index contributed by atoms with van der Waals surface area (Å²) in [7, 11) is 0. The third kappa shape index (κ3) is 7.01. The monoisotopic (exact) mass is 368 g/mol. The molecule has 0 aliphatic rings. The Morgan fingerprint density at radius 3 is 2.20 bits per heavy atom. The van der Waals surface area contributed by atoms with E-state index in [1.165, 1.54) is 14.8 Å². The molecule has 78 valence electrons. The average Bonchev–Trinajstić information content (AvgIpc) is 2.20. The third-order valence-electron chi connectivity index (χ3n) is 1.35. The molecular weight excluding hydrogens is 356 g/mol. The van der Waals surface area contributed by atoms with Crippen molar-refractivity contribution in [2.45, 2.75) is 26.4 Å². The first-order valence-electron chi connectivity index (χ1n) is 4.45. The van der Waals surface area contributed by atoms with E-state index in [1.54, 1.807) is 24.3 Å². The maximum atomic E-state index is 11.4. The van der Waals surface area contributed by atoms with Crippen LogP contribution in [0, 0.1) is 6.07 Å². The molecule has 0 heterocycles. The van der Waals surface area contributed by atoms with Crippen molar-refractivity contribution in [3.05, 3.63) is 35.9 Å². The Bertz CT molecular complexity index is 293. The van der Waals surface area contributed by atoms with E-state index in [0.717, 1.165) is 0 Å². The first-order chi connectivity index (χ1) is 6.99. The molecule has 0 aliphatic heterocycles. The van der Waals surface area contributed by atoms with Crippen LogP contribution < -0.4 is 0 Å². The molecule has 1 rings (SSSR count). The maximum absolute atomic E-state index is 11.4. The topological polar surface area (TPSA) is 26.3 Å². The fraction of sp³-hybridized carbons (Fsp3) is 0.364. The molecule has 0 unspecified atom stereocenters. The van der Waals surface area contributed by atoms with Gasteiger partial charge in [-0.25, -0.2) is 4.79 Å². The van der Waals surface area contributed by atoms with Gasteiger partial charge in [0.25, 0.3) is 0 Å². The van der Waals surface area contributed by atoms with E-state index in [2.05, 4.69) is 25.8 Å². The second kappa shape index (κ2) is 7.34. The number of ether oxygens (including phenoxy) is 1. The molecule has 1 aromatic rings. The SMILES string of the molecule is CC(C)(C)OC(=O)c1cc[c-]cc1.[Zn+][I]. The molecule has 0 aromatic heterocycles. The van der Waals surface area contributed by atoms with Gasteiger partial charge in [0, 0.05) is 0 Å². The minimum absolute atomic E-state index is 0.290. The van der Waals surface area contributed by atoms with Crippen LogP contribution in [0.5, 0.6) is 0 Å². The summed E-state index contributed by atoms with van der Waals surface area (Å²) in [6.45, 7) is 5.54. The molecule has 0 saturated carbocycles. The standard InChI is InChI=1S/C11H13O2.HI.Zn/c1-11(2,3)13-10(12)9-7-5-4-6-8-9;;/h5-8H,1-3H3;1H;/q-1;;+2/p-1. The molecule has 1 aromatic carbocycles. The summed E-state index contributed by atoms with van der Waals surface area (Å²) >= 11 is 3.62. The van der Waals surface area contributed by atoms with Gasteiger partial charge in [0.05, 0.1) is 0 Å². The molecule has 0 amide bonds. The third-order valence-corrected chi connectivity index (χ3v) is 1.35. The molecular formula is C11H13IO2Zn. The van der Waals surface area contributed by atoms with Gasteiger partial charge >= 0.3 is 40.5 Å². The quantitative estimate of drug-likeness (QED) is 0.329. The van der Waals surface area contributed by atoms with Gasteiger partial charge in [-0.3, -0.25) is 0 Å². The van der Waals surface area contributed by atoms with E-state index in [0.29, 0.717) is 5.56 Å². The fourth-order valence-corrected chi connectivity index (χ4v) is 0.860. The molecule has 0 aliphatic carbocycles. The van der Waals surface area contributed by atoms with E-state index < -0.39 is 5.60 Å². The Morgan fingerprint density at radius 2 is 1.80 bits per heavy atom. The van der Waals surface area contributed by atoms with Gasteiger partial charge in [-0.2, -0.15) is 30.3 Å². The van der Waals surface area contributed by atoms with Crippen molar-refractivity contribution >= 4 is 25.7 Å². The summed E-state index contributed by atoms with van der Waals surface area (Å²) in [5.41, 5.74) is 0.130.